The monoisotopic (exact) mass is 398 g/mol. The van der Waals surface area contributed by atoms with Gasteiger partial charge in [0.2, 0.25) is 0 Å². The molecule has 0 bridgehead atoms. The van der Waals surface area contributed by atoms with Gasteiger partial charge < -0.3 is 0 Å². The first-order valence-electron chi connectivity index (χ1n) is 1.35. The van der Waals surface area contributed by atoms with Gasteiger partial charge in [0.05, 0.1) is 0 Å². The van der Waals surface area contributed by atoms with E-state index < -0.39 is 97.3 Å². The van der Waals surface area contributed by atoms with Crippen LogP contribution in [0.15, 0.2) is 0 Å². The Morgan fingerprint density at radius 1 is 1.12 bits per heavy atom. The van der Waals surface area contributed by atoms with Crippen molar-refractivity contribution in [3.05, 3.63) is 0 Å². The summed E-state index contributed by atoms with van der Waals surface area (Å²) >= 11 is -6.23. The summed E-state index contributed by atoms with van der Waals surface area (Å²) in [6.45, 7) is 0. The van der Waals surface area contributed by atoms with Crippen LogP contribution in [0.3, 0.4) is 0 Å². The van der Waals surface area contributed by atoms with Crippen molar-refractivity contribution in [2.45, 2.75) is 0 Å². The Kier molecular flexibility index (Phi) is 27.3. The van der Waals surface area contributed by atoms with E-state index in [-0.39, 0.29) is 0 Å². The van der Waals surface area contributed by atoms with Gasteiger partial charge in [-0.25, -0.2) is 0 Å². The SMILES string of the molecule is [O]=[Ce]=[O].[O]=[Y][O][Y]=[O]. The number of rotatable bonds is 2. The summed E-state index contributed by atoms with van der Waals surface area (Å²) in [7, 11) is 0. The molecule has 0 saturated carbocycles. The Morgan fingerprint density at radius 2 is 1.38 bits per heavy atom. The van der Waals surface area contributed by atoms with E-state index >= 15 is 0 Å². The van der Waals surface area contributed by atoms with Crippen molar-refractivity contribution in [2.75, 3.05) is 0 Å². The average molecular weight is 398 g/mol. The van der Waals surface area contributed by atoms with Crippen molar-refractivity contribution < 1.29 is 103 Å². The fourth-order valence-electron chi connectivity index (χ4n) is 0.0227. The molecule has 5 nitrogen and oxygen atoms in total. The topological polar surface area (TPSA) is 77.5 Å². The molecule has 0 saturated heterocycles. The van der Waals surface area contributed by atoms with Crippen LogP contribution in [0.2, 0.25) is 0 Å². The second-order valence-electron chi connectivity index (χ2n) is 0.412. The van der Waals surface area contributed by atoms with Crippen LogP contribution in [-0.2, 0) is 64.9 Å². The zero-order valence-electron chi connectivity index (χ0n) is 3.70. The van der Waals surface area contributed by atoms with Gasteiger partial charge in [-0.1, -0.05) is 0 Å². The first kappa shape index (κ1) is 13.3. The third-order valence-corrected chi connectivity index (χ3v) is 3.89. The van der Waals surface area contributed by atoms with E-state index in [4.69, 9.17) is 1.88 Å². The first-order chi connectivity index (χ1) is 3.83. The van der Waals surface area contributed by atoms with Gasteiger partial charge >= 0.3 is 103 Å². The van der Waals surface area contributed by atoms with Crippen LogP contribution in [0, 0.1) is 37.8 Å². The summed E-state index contributed by atoms with van der Waals surface area (Å²) in [4.78, 5) is 0. The van der Waals surface area contributed by atoms with E-state index in [1.165, 1.54) is 0 Å². The van der Waals surface area contributed by atoms with E-state index in [9.17, 15) is 4.09 Å². The van der Waals surface area contributed by atoms with Crippen molar-refractivity contribution in [3.63, 3.8) is 0 Å². The molecule has 0 fully saturated rings. The van der Waals surface area contributed by atoms with Gasteiger partial charge in [0, 0.05) is 0 Å². The Bertz CT molecular complexity index is 86.6. The summed E-state index contributed by atoms with van der Waals surface area (Å²) in [5.74, 6) is 0. The fraction of sp³-hybridized carbons (Fsp3) is 0. The van der Waals surface area contributed by atoms with Crippen molar-refractivity contribution >= 4 is 0 Å². The molecular formula is CeO5Y2. The van der Waals surface area contributed by atoms with Crippen LogP contribution in [0.4, 0.5) is 0 Å². The van der Waals surface area contributed by atoms with Crippen molar-refractivity contribution in [1.29, 1.82) is 0 Å². The maximum atomic E-state index is 9.35. The summed E-state index contributed by atoms with van der Waals surface area (Å²) < 4.78 is 39.9. The molecule has 0 atom stereocenters. The second kappa shape index (κ2) is 16.4. The molecule has 0 aliphatic carbocycles. The van der Waals surface area contributed by atoms with Gasteiger partial charge in [0.1, 0.15) is 0 Å². The standard InChI is InChI=1S/Ce.5O.2Y. The van der Waals surface area contributed by atoms with E-state index in [0.717, 1.165) is 0 Å². The van der Waals surface area contributed by atoms with Crippen LogP contribution in [0.25, 0.3) is 0 Å². The molecule has 0 aliphatic rings. The Balaban J connectivity index is 0. The maximum absolute atomic E-state index is 9.35. The van der Waals surface area contributed by atoms with Crippen molar-refractivity contribution in [1.82, 2.24) is 0 Å². The zero-order chi connectivity index (χ0) is 6.83. The molecule has 0 radical (unpaired) electrons. The van der Waals surface area contributed by atoms with Crippen LogP contribution in [0.5, 0.6) is 0 Å². The fourth-order valence-corrected chi connectivity index (χ4v) is 0.794. The molecule has 0 aromatic rings. The van der Waals surface area contributed by atoms with Gasteiger partial charge in [-0.3, -0.25) is 0 Å². The molecule has 40 valence electrons. The van der Waals surface area contributed by atoms with E-state index in [0.29, 0.717) is 0 Å². The number of hydrogen-bond acceptors (Lipinski definition) is 5. The Morgan fingerprint density at radius 3 is 1.38 bits per heavy atom. The molecule has 0 aliphatic heterocycles. The average Bonchev–Trinajstić information content (AvgIpc) is 1.71. The molecule has 8 heavy (non-hydrogen) atoms. The predicted molar refractivity (Wildman–Crippen MR) is 3.83 cm³/mol. The van der Waals surface area contributed by atoms with Crippen LogP contribution in [0.1, 0.15) is 0 Å². The molecule has 8 heteroatoms. The van der Waals surface area contributed by atoms with Gasteiger partial charge in [-0.2, -0.15) is 0 Å². The van der Waals surface area contributed by atoms with Crippen LogP contribution in [-0.4, -0.2) is 0 Å². The quantitative estimate of drug-likeness (QED) is 0.625. The van der Waals surface area contributed by atoms with Gasteiger partial charge in [-0.15, -0.1) is 0 Å². The Labute approximate surface area is 99.5 Å². The summed E-state index contributed by atoms with van der Waals surface area (Å²) in [6, 6.07) is 0. The minimum absolute atomic E-state index is 1.91. The second-order valence-corrected chi connectivity index (χ2v) is 6.51. The third-order valence-electron chi connectivity index (χ3n) is 0.111. The van der Waals surface area contributed by atoms with E-state index in [1.54, 1.807) is 0 Å². The Hall–Kier alpha value is 2.74. The zero-order valence-corrected chi connectivity index (χ0v) is 12.5. The van der Waals surface area contributed by atoms with Crippen LogP contribution >= 0.6 is 0 Å². The molecule has 0 amide bonds. The molecule has 0 unspecified atom stereocenters. The summed E-state index contributed by atoms with van der Waals surface area (Å²) in [5, 5.41) is 0. The molecule has 0 aromatic heterocycles. The molecular weight excluding hydrogens is 398 g/mol. The molecule has 0 rings (SSSR count). The van der Waals surface area contributed by atoms with E-state index in [2.05, 4.69) is -0.634 Å². The predicted octanol–water partition coefficient (Wildman–Crippen LogP) is -0.549. The normalized spacial score (nSPS) is 4.00. The molecule has 0 spiro atoms. The summed E-state index contributed by atoms with van der Waals surface area (Å²) in [6.07, 6.45) is 0. The minimum atomic E-state index is -2.42. The molecule has 0 N–H and O–H groups in total. The molecule has 0 aromatic carbocycles. The van der Waals surface area contributed by atoms with Crippen molar-refractivity contribution in [3.8, 4) is 0 Å². The van der Waals surface area contributed by atoms with Crippen LogP contribution < -0.4 is 0 Å². The van der Waals surface area contributed by atoms with Gasteiger partial charge in [0.25, 0.3) is 0 Å². The third kappa shape index (κ3) is 23.3. The van der Waals surface area contributed by atoms with Gasteiger partial charge in [0.15, 0.2) is 0 Å². The number of hydrogen-bond donors (Lipinski definition) is 0. The molecule has 0 heterocycles. The van der Waals surface area contributed by atoms with E-state index in [1.807, 2.05) is 0 Å². The van der Waals surface area contributed by atoms with Crippen molar-refractivity contribution in [2.24, 2.45) is 0 Å². The first-order valence-corrected chi connectivity index (χ1v) is 8.55. The summed E-state index contributed by atoms with van der Waals surface area (Å²) in [5.41, 5.74) is 0. The van der Waals surface area contributed by atoms with Gasteiger partial charge in [-0.05, 0) is 0 Å².